The molecule has 314 valence electrons. The SMILES string of the molecule is C=c1c(O)c(C)/c(=C\Cc2ncc(CCC3=C(C)C(=O)C(C)=C(CCCc4nc5ccc(C)cc5[nH]4)C3=O)s2)c(O)c1Cc1cnc(/C=C/c2c(C)c(O)c(C)c(C)c2O)[nH]1. The molecule has 3 aromatic carbocycles. The number of hydrogen-bond donors (Lipinski definition) is 6. The zero-order valence-electron chi connectivity index (χ0n) is 35.6. The topological polar surface area (TPSA) is 185 Å². The van der Waals surface area contributed by atoms with Crippen LogP contribution in [-0.2, 0) is 35.3 Å². The number of nitrogens with one attached hydrogen (secondary N) is 2. The average Bonchev–Trinajstić information content (AvgIpc) is 4.00. The Bertz CT molecular complexity index is 2950. The van der Waals surface area contributed by atoms with E-state index >= 15 is 0 Å². The van der Waals surface area contributed by atoms with Crippen molar-refractivity contribution in [3.05, 3.63) is 129 Å². The highest BCUT2D eigenvalue weighted by Crippen LogP contribution is 2.37. The molecule has 7 rings (SSSR count). The number of carbonyl (C=O) groups is 2. The molecule has 0 radical (unpaired) electrons. The van der Waals surface area contributed by atoms with Gasteiger partial charge in [-0.3, -0.25) is 9.59 Å². The maximum absolute atomic E-state index is 13.8. The first-order valence-corrected chi connectivity index (χ1v) is 21.2. The summed E-state index contributed by atoms with van der Waals surface area (Å²) in [6.45, 7) is 16.6. The average molecular weight is 838 g/mol. The molecule has 61 heavy (non-hydrogen) atoms. The fraction of sp³-hybridized carbons (Fsp3) is 0.286. The second kappa shape index (κ2) is 17.2. The van der Waals surface area contributed by atoms with Gasteiger partial charge in [-0.05, 0) is 115 Å². The van der Waals surface area contributed by atoms with Crippen LogP contribution in [-0.4, -0.2) is 56.9 Å². The molecular formula is C49H51N5O6S. The van der Waals surface area contributed by atoms with E-state index in [0.29, 0.717) is 116 Å². The first kappa shape index (κ1) is 42.6. The van der Waals surface area contributed by atoms with E-state index in [4.69, 9.17) is 0 Å². The molecule has 0 unspecified atom stereocenters. The summed E-state index contributed by atoms with van der Waals surface area (Å²) in [6, 6.07) is 6.10. The van der Waals surface area contributed by atoms with Crippen LogP contribution in [0.15, 0.2) is 52.9 Å². The number of rotatable bonds is 13. The third-order valence-corrected chi connectivity index (χ3v) is 13.1. The number of carbonyl (C=O) groups excluding carboxylic acids is 2. The van der Waals surface area contributed by atoms with Gasteiger partial charge < -0.3 is 30.4 Å². The number of H-pyrrole nitrogens is 2. The van der Waals surface area contributed by atoms with Gasteiger partial charge in [-0.2, -0.15) is 0 Å². The fourth-order valence-electron chi connectivity index (χ4n) is 8.07. The number of Topliss-reactive ketones (excluding diaryl/α,β-unsaturated/α-hetero) is 2. The number of hydrogen-bond acceptors (Lipinski definition) is 10. The number of aromatic amines is 2. The molecule has 6 N–H and O–H groups in total. The van der Waals surface area contributed by atoms with E-state index in [1.807, 2.05) is 25.1 Å². The van der Waals surface area contributed by atoms with Crippen LogP contribution in [0.4, 0.5) is 0 Å². The lowest BCUT2D eigenvalue weighted by atomic mass is 9.81. The van der Waals surface area contributed by atoms with Crippen LogP contribution >= 0.6 is 11.3 Å². The van der Waals surface area contributed by atoms with Gasteiger partial charge in [0.15, 0.2) is 11.6 Å². The van der Waals surface area contributed by atoms with Crippen LogP contribution in [0.1, 0.15) is 99.3 Å². The number of nitrogens with zero attached hydrogens (tertiary/aromatic N) is 3. The van der Waals surface area contributed by atoms with Crippen molar-refractivity contribution in [1.82, 2.24) is 24.9 Å². The highest BCUT2D eigenvalue weighted by atomic mass is 32.1. The Kier molecular flexibility index (Phi) is 12.0. The molecule has 0 saturated heterocycles. The van der Waals surface area contributed by atoms with E-state index in [2.05, 4.69) is 37.6 Å². The summed E-state index contributed by atoms with van der Waals surface area (Å²) in [4.78, 5) is 48.4. The zero-order chi connectivity index (χ0) is 43.9. The molecule has 6 aromatic rings. The molecule has 0 bridgehead atoms. The van der Waals surface area contributed by atoms with E-state index in [9.17, 15) is 30.0 Å². The van der Waals surface area contributed by atoms with E-state index in [1.165, 1.54) is 11.3 Å². The summed E-state index contributed by atoms with van der Waals surface area (Å²) in [7, 11) is 0. The number of benzene rings is 3. The van der Waals surface area contributed by atoms with Gasteiger partial charge in [0.1, 0.15) is 34.6 Å². The quantitative estimate of drug-likeness (QED) is 0.0495. The van der Waals surface area contributed by atoms with Gasteiger partial charge in [0.25, 0.3) is 0 Å². The van der Waals surface area contributed by atoms with Crippen molar-refractivity contribution < 1.29 is 30.0 Å². The number of allylic oxidation sites excluding steroid dienone is 4. The summed E-state index contributed by atoms with van der Waals surface area (Å²) in [5.74, 6) is 1.45. The highest BCUT2D eigenvalue weighted by molar-refractivity contribution is 7.11. The minimum Gasteiger partial charge on any atom is -0.507 e. The van der Waals surface area contributed by atoms with Gasteiger partial charge in [0.05, 0.1) is 16.0 Å². The largest absolute Gasteiger partial charge is 0.507 e. The summed E-state index contributed by atoms with van der Waals surface area (Å²) < 4.78 is 0. The molecule has 0 saturated carbocycles. The van der Waals surface area contributed by atoms with Crippen molar-refractivity contribution in [1.29, 1.82) is 0 Å². The second-order valence-corrected chi connectivity index (χ2v) is 17.2. The van der Waals surface area contributed by atoms with Gasteiger partial charge in [-0.25, -0.2) is 15.0 Å². The summed E-state index contributed by atoms with van der Waals surface area (Å²) in [6.07, 6.45) is 12.1. The minimum atomic E-state index is -0.0781. The minimum absolute atomic E-state index is 0.00430. The number of imidazole rings is 2. The lowest BCUT2D eigenvalue weighted by molar-refractivity contribution is -0.116. The van der Waals surface area contributed by atoms with Crippen LogP contribution in [0, 0.1) is 34.6 Å². The summed E-state index contributed by atoms with van der Waals surface area (Å²) in [5.41, 5.74) is 9.12. The lowest BCUT2D eigenvalue weighted by Gasteiger charge is -2.20. The molecule has 0 spiro atoms. The molecule has 1 aliphatic carbocycles. The predicted octanol–water partition coefficient (Wildman–Crippen LogP) is 8.04. The molecule has 11 nitrogen and oxygen atoms in total. The smallest absolute Gasteiger partial charge is 0.185 e. The van der Waals surface area contributed by atoms with E-state index < -0.39 is 0 Å². The number of ketones is 2. The molecule has 1 aliphatic rings. The van der Waals surface area contributed by atoms with Gasteiger partial charge in [0.2, 0.25) is 0 Å². The number of fused-ring (bicyclic) bond motifs is 1. The van der Waals surface area contributed by atoms with Crippen LogP contribution < -0.4 is 10.4 Å². The Morgan fingerprint density at radius 1 is 0.738 bits per heavy atom. The van der Waals surface area contributed by atoms with Crippen molar-refractivity contribution in [3.8, 4) is 23.0 Å². The van der Waals surface area contributed by atoms with Gasteiger partial charge in [-0.1, -0.05) is 18.7 Å². The number of phenolic OH excluding ortho intramolecular Hbond substituents is 4. The monoisotopic (exact) mass is 837 g/mol. The Morgan fingerprint density at radius 3 is 2.21 bits per heavy atom. The Labute approximate surface area is 358 Å². The van der Waals surface area contributed by atoms with Crippen LogP contribution in [0.5, 0.6) is 23.0 Å². The Balaban J connectivity index is 1.01. The Hall–Kier alpha value is -6.53. The van der Waals surface area contributed by atoms with Crippen molar-refractivity contribution in [2.75, 3.05) is 0 Å². The maximum atomic E-state index is 13.8. The van der Waals surface area contributed by atoms with E-state index in [1.54, 1.807) is 66.1 Å². The van der Waals surface area contributed by atoms with Crippen LogP contribution in [0.25, 0.3) is 35.8 Å². The third-order valence-electron chi connectivity index (χ3n) is 12.0. The molecule has 0 atom stereocenters. The highest BCUT2D eigenvalue weighted by Gasteiger charge is 2.30. The first-order valence-electron chi connectivity index (χ1n) is 20.4. The number of aryl methyl sites for hydroxylation is 3. The van der Waals surface area contributed by atoms with E-state index in [-0.39, 0.29) is 41.0 Å². The number of thiazole rings is 1. The number of aromatic hydroxyl groups is 4. The summed E-state index contributed by atoms with van der Waals surface area (Å²) >= 11 is 1.51. The normalized spacial score (nSPS) is 13.9. The van der Waals surface area contributed by atoms with Crippen LogP contribution in [0.3, 0.4) is 0 Å². The molecule has 0 amide bonds. The van der Waals surface area contributed by atoms with E-state index in [0.717, 1.165) is 32.3 Å². The van der Waals surface area contributed by atoms with Crippen molar-refractivity contribution in [3.63, 3.8) is 0 Å². The number of phenols is 4. The molecule has 0 fully saturated rings. The molecular weight excluding hydrogens is 787 g/mol. The van der Waals surface area contributed by atoms with Gasteiger partial charge in [0, 0.05) is 97.2 Å². The van der Waals surface area contributed by atoms with Crippen molar-refractivity contribution >= 4 is 58.7 Å². The standard InChI is InChI=1S/C49H51N5O6S/c1-24-12-17-39-40(20-24)54-42(53-39)11-9-10-34-27(4)45(56)29(6)36(48(34)59)14-13-33-23-51-43(61-33)19-16-37-30(7)46(57)31(8)38(49(37)60)21-32-22-50-41(52-32)18-15-35-28(5)44(55)25(2)26(3)47(35)58/h12,15-18,20,22-23,55,57-58,60H,8-11,13-14,19,21H2,1-7H3,(H,50,52)(H,53,54)/b18-15+,37-16+. The molecule has 0 aliphatic heterocycles. The maximum Gasteiger partial charge on any atom is 0.185 e. The van der Waals surface area contributed by atoms with Crippen LogP contribution in [0.2, 0.25) is 0 Å². The van der Waals surface area contributed by atoms with Gasteiger partial charge >= 0.3 is 0 Å². The molecule has 3 aromatic heterocycles. The molecule has 3 heterocycles. The second-order valence-electron chi connectivity index (χ2n) is 16.0. The third kappa shape index (κ3) is 8.45. The molecule has 12 heteroatoms. The van der Waals surface area contributed by atoms with Crippen molar-refractivity contribution in [2.24, 2.45) is 0 Å². The number of aromatic nitrogens is 5. The summed E-state index contributed by atoms with van der Waals surface area (Å²) in [5, 5.41) is 45.4. The first-order chi connectivity index (χ1) is 29.0. The zero-order valence-corrected chi connectivity index (χ0v) is 36.4. The van der Waals surface area contributed by atoms with Gasteiger partial charge in [-0.15, -0.1) is 11.3 Å². The Morgan fingerprint density at radius 2 is 1.46 bits per heavy atom. The van der Waals surface area contributed by atoms with Crippen molar-refractivity contribution in [2.45, 2.75) is 93.4 Å². The predicted molar refractivity (Wildman–Crippen MR) is 241 cm³/mol. The fourth-order valence-corrected chi connectivity index (χ4v) is 8.96. The lowest BCUT2D eigenvalue weighted by Crippen LogP contribution is -2.22.